The van der Waals surface area contributed by atoms with Gasteiger partial charge in [0.05, 0.1) is 13.2 Å². The normalized spacial score (nSPS) is 11.3. The monoisotopic (exact) mass is 243 g/mol. The molecule has 0 unspecified atom stereocenters. The molecule has 0 aliphatic carbocycles. The maximum atomic E-state index is 12.6. The average molecular weight is 244 g/mol. The van der Waals surface area contributed by atoms with Gasteiger partial charge in [-0.3, -0.25) is 4.99 Å². The third-order valence-corrected chi connectivity index (χ3v) is 2.03. The fourth-order valence-electron chi connectivity index (χ4n) is 1.01. The lowest BCUT2D eigenvalue weighted by atomic mass is 10.2. The van der Waals surface area contributed by atoms with E-state index in [9.17, 15) is 9.18 Å². The molecular weight excluding hydrogens is 233 g/mol. The number of halogens is 2. The van der Waals surface area contributed by atoms with Crippen molar-refractivity contribution in [1.29, 1.82) is 0 Å². The lowest BCUT2D eigenvalue weighted by Crippen LogP contribution is -2.12. The minimum Gasteiger partial charge on any atom is -0.461 e. The zero-order valence-corrected chi connectivity index (χ0v) is 9.50. The first-order chi connectivity index (χ1) is 7.63. The number of esters is 1. The highest BCUT2D eigenvalue weighted by Gasteiger charge is 2.08. The molecule has 0 aromatic heterocycles. The number of hydrogen-bond acceptors (Lipinski definition) is 3. The summed E-state index contributed by atoms with van der Waals surface area (Å²) < 4.78 is 17.2. The Labute approximate surface area is 97.9 Å². The van der Waals surface area contributed by atoms with Crippen molar-refractivity contribution in [3.63, 3.8) is 0 Å². The molecule has 0 aliphatic rings. The van der Waals surface area contributed by atoms with Gasteiger partial charge in [0, 0.05) is 0 Å². The average Bonchev–Trinajstić information content (AvgIpc) is 2.28. The second-order valence-corrected chi connectivity index (χ2v) is 3.31. The molecule has 0 amide bonds. The van der Waals surface area contributed by atoms with Crippen LogP contribution in [-0.2, 0) is 16.1 Å². The van der Waals surface area contributed by atoms with E-state index in [1.54, 1.807) is 19.1 Å². The van der Waals surface area contributed by atoms with E-state index in [0.717, 1.165) is 5.56 Å². The molecule has 0 atom stereocenters. The Balaban J connectivity index is 2.58. The molecule has 0 bridgehead atoms. The molecule has 1 aromatic carbocycles. The molecule has 0 N–H and O–H groups in total. The molecule has 16 heavy (non-hydrogen) atoms. The van der Waals surface area contributed by atoms with Crippen molar-refractivity contribution in [3.05, 3.63) is 35.6 Å². The summed E-state index contributed by atoms with van der Waals surface area (Å²) in [6.45, 7) is 2.15. The van der Waals surface area contributed by atoms with Crippen LogP contribution in [-0.4, -0.2) is 17.7 Å². The van der Waals surface area contributed by atoms with Crippen molar-refractivity contribution < 1.29 is 13.9 Å². The topological polar surface area (TPSA) is 38.7 Å². The summed E-state index contributed by atoms with van der Waals surface area (Å²) in [6, 6.07) is 5.80. The fraction of sp³-hybridized carbons (Fsp3) is 0.273. The molecule has 0 saturated carbocycles. The van der Waals surface area contributed by atoms with Gasteiger partial charge in [-0.15, -0.1) is 0 Å². The Bertz CT molecular complexity index is 389. The number of ether oxygens (including phenoxy) is 1. The summed E-state index contributed by atoms with van der Waals surface area (Å²) >= 11 is 5.59. The number of hydrogen-bond donors (Lipinski definition) is 0. The Morgan fingerprint density at radius 1 is 1.44 bits per heavy atom. The number of carbonyl (C=O) groups excluding carboxylic acids is 1. The first-order valence-electron chi connectivity index (χ1n) is 4.75. The van der Waals surface area contributed by atoms with E-state index < -0.39 is 5.97 Å². The van der Waals surface area contributed by atoms with Crippen LogP contribution in [0.5, 0.6) is 0 Å². The SMILES string of the molecule is CCOC(=O)C(Cl)=NCc1ccc(F)cc1. The van der Waals surface area contributed by atoms with Crippen LogP contribution in [0, 0.1) is 5.82 Å². The minimum atomic E-state index is -0.647. The molecule has 1 rings (SSSR count). The Morgan fingerprint density at radius 3 is 2.62 bits per heavy atom. The van der Waals surface area contributed by atoms with E-state index in [1.807, 2.05) is 0 Å². The predicted molar refractivity (Wildman–Crippen MR) is 60.0 cm³/mol. The summed E-state index contributed by atoms with van der Waals surface area (Å²) in [5.41, 5.74) is 0.767. The van der Waals surface area contributed by atoms with Crippen molar-refractivity contribution in [2.75, 3.05) is 6.61 Å². The largest absolute Gasteiger partial charge is 0.461 e. The van der Waals surface area contributed by atoms with Gasteiger partial charge < -0.3 is 4.74 Å². The molecule has 5 heteroatoms. The number of carbonyl (C=O) groups is 1. The zero-order chi connectivity index (χ0) is 12.0. The Hall–Kier alpha value is -1.42. The molecular formula is C11H11ClFNO2. The number of rotatable bonds is 4. The van der Waals surface area contributed by atoms with Crippen LogP contribution < -0.4 is 0 Å². The molecule has 0 aliphatic heterocycles. The van der Waals surface area contributed by atoms with Crippen LogP contribution in [0.2, 0.25) is 0 Å². The molecule has 0 saturated heterocycles. The van der Waals surface area contributed by atoms with Crippen molar-refractivity contribution in [2.24, 2.45) is 4.99 Å². The lowest BCUT2D eigenvalue weighted by Gasteiger charge is -1.99. The van der Waals surface area contributed by atoms with Gasteiger partial charge in [0.25, 0.3) is 0 Å². The van der Waals surface area contributed by atoms with Crippen molar-refractivity contribution >= 4 is 22.7 Å². The van der Waals surface area contributed by atoms with E-state index in [2.05, 4.69) is 9.73 Å². The molecule has 0 heterocycles. The summed E-state index contributed by atoms with van der Waals surface area (Å²) in [5, 5.41) is -0.203. The van der Waals surface area contributed by atoms with Gasteiger partial charge in [-0.2, -0.15) is 0 Å². The summed E-state index contributed by atoms with van der Waals surface area (Å²) in [4.78, 5) is 14.9. The smallest absolute Gasteiger partial charge is 0.368 e. The summed E-state index contributed by atoms with van der Waals surface area (Å²) in [6.07, 6.45) is 0. The summed E-state index contributed by atoms with van der Waals surface area (Å²) in [5.74, 6) is -0.963. The third-order valence-electron chi connectivity index (χ3n) is 1.76. The molecule has 3 nitrogen and oxygen atoms in total. The highest BCUT2D eigenvalue weighted by molar-refractivity contribution is 6.82. The lowest BCUT2D eigenvalue weighted by molar-refractivity contribution is -0.134. The predicted octanol–water partition coefficient (Wildman–Crippen LogP) is 2.53. The highest BCUT2D eigenvalue weighted by Crippen LogP contribution is 2.05. The Kier molecular flexibility index (Phi) is 4.92. The van der Waals surface area contributed by atoms with Gasteiger partial charge in [-0.1, -0.05) is 23.7 Å². The van der Waals surface area contributed by atoms with E-state index in [-0.39, 0.29) is 24.1 Å². The van der Waals surface area contributed by atoms with Crippen LogP contribution in [0.25, 0.3) is 0 Å². The van der Waals surface area contributed by atoms with Crippen LogP contribution >= 0.6 is 11.6 Å². The maximum absolute atomic E-state index is 12.6. The van der Waals surface area contributed by atoms with Crippen LogP contribution in [0.1, 0.15) is 12.5 Å². The standard InChI is InChI=1S/C11H11ClFNO2/c1-2-16-11(15)10(12)14-7-8-3-5-9(13)6-4-8/h3-6H,2,7H2,1H3. The number of nitrogens with zero attached hydrogens (tertiary/aromatic N) is 1. The summed E-state index contributed by atoms with van der Waals surface area (Å²) in [7, 11) is 0. The van der Waals surface area contributed by atoms with Gasteiger partial charge in [-0.25, -0.2) is 9.18 Å². The van der Waals surface area contributed by atoms with Gasteiger partial charge in [0.2, 0.25) is 5.17 Å². The fourth-order valence-corrected chi connectivity index (χ4v) is 1.12. The molecule has 86 valence electrons. The van der Waals surface area contributed by atoms with Gasteiger partial charge in [-0.05, 0) is 24.6 Å². The van der Waals surface area contributed by atoms with Gasteiger partial charge >= 0.3 is 5.97 Å². The van der Waals surface area contributed by atoms with E-state index in [0.29, 0.717) is 0 Å². The van der Waals surface area contributed by atoms with E-state index in [1.165, 1.54) is 12.1 Å². The van der Waals surface area contributed by atoms with Gasteiger partial charge in [0.15, 0.2) is 0 Å². The second-order valence-electron chi connectivity index (χ2n) is 2.95. The van der Waals surface area contributed by atoms with Crippen molar-refractivity contribution in [1.82, 2.24) is 0 Å². The zero-order valence-electron chi connectivity index (χ0n) is 8.74. The first-order valence-corrected chi connectivity index (χ1v) is 5.12. The second kappa shape index (κ2) is 6.23. The maximum Gasteiger partial charge on any atom is 0.368 e. The van der Waals surface area contributed by atoms with E-state index >= 15 is 0 Å². The third kappa shape index (κ3) is 3.98. The molecule has 1 aromatic rings. The first kappa shape index (κ1) is 12.6. The van der Waals surface area contributed by atoms with Crippen molar-refractivity contribution in [3.8, 4) is 0 Å². The number of benzene rings is 1. The molecule has 0 fully saturated rings. The van der Waals surface area contributed by atoms with Crippen molar-refractivity contribution in [2.45, 2.75) is 13.5 Å². The quantitative estimate of drug-likeness (QED) is 0.602. The molecule has 0 spiro atoms. The molecule has 0 radical (unpaired) electrons. The Morgan fingerprint density at radius 2 is 2.06 bits per heavy atom. The highest BCUT2D eigenvalue weighted by atomic mass is 35.5. The van der Waals surface area contributed by atoms with Crippen LogP contribution in [0.3, 0.4) is 0 Å². The van der Waals surface area contributed by atoms with E-state index in [4.69, 9.17) is 11.6 Å². The number of aliphatic imine (C=N–C) groups is 1. The minimum absolute atomic E-state index is 0.203. The van der Waals surface area contributed by atoms with Gasteiger partial charge in [0.1, 0.15) is 5.82 Å². The van der Waals surface area contributed by atoms with Crippen LogP contribution in [0.4, 0.5) is 4.39 Å². The van der Waals surface area contributed by atoms with Crippen LogP contribution in [0.15, 0.2) is 29.3 Å².